The lowest BCUT2D eigenvalue weighted by Gasteiger charge is -2.36. The number of carbonyl (C=O) groups is 3. The molecule has 1 saturated carbocycles. The van der Waals surface area contributed by atoms with E-state index < -0.39 is 5.97 Å². The molecule has 2 aliphatic rings. The predicted octanol–water partition coefficient (Wildman–Crippen LogP) is 1.80. The number of piperidine rings is 1. The number of nitrogen functional groups attached to an aromatic ring is 3. The summed E-state index contributed by atoms with van der Waals surface area (Å²) in [4.78, 5) is 60.8. The van der Waals surface area contributed by atoms with Crippen LogP contribution in [0.1, 0.15) is 85.6 Å². The van der Waals surface area contributed by atoms with Gasteiger partial charge in [0.1, 0.15) is 22.1 Å². The van der Waals surface area contributed by atoms with E-state index >= 15 is 0 Å². The summed E-state index contributed by atoms with van der Waals surface area (Å²) in [6.07, 6.45) is 16.5. The molecule has 0 radical (unpaired) electrons. The molecular formula is C46H59N23O7. The number of imidazole rings is 3. The van der Waals surface area contributed by atoms with E-state index in [0.29, 0.717) is 76.1 Å². The van der Waals surface area contributed by atoms with Gasteiger partial charge in [0.25, 0.3) is 0 Å². The van der Waals surface area contributed by atoms with Gasteiger partial charge in [-0.2, -0.15) is 0 Å². The van der Waals surface area contributed by atoms with Gasteiger partial charge in [-0.05, 0) is 102 Å². The third-order valence-corrected chi connectivity index (χ3v) is 13.2. The zero-order chi connectivity index (χ0) is 54.3. The summed E-state index contributed by atoms with van der Waals surface area (Å²) in [5, 5.41) is 31.3. The molecule has 0 atom stereocenters. The molecule has 30 heteroatoms. The first-order valence-corrected chi connectivity index (χ1v) is 24.4. The van der Waals surface area contributed by atoms with Crippen LogP contribution >= 0.6 is 0 Å². The minimum atomic E-state index is -1.07. The van der Waals surface area contributed by atoms with E-state index in [1.807, 2.05) is 24.6 Å². The van der Waals surface area contributed by atoms with Crippen LogP contribution in [0.2, 0.25) is 0 Å². The van der Waals surface area contributed by atoms with Crippen molar-refractivity contribution in [3.8, 4) is 34.6 Å². The highest BCUT2D eigenvalue weighted by molar-refractivity contribution is 6.01. The zero-order valence-electron chi connectivity index (χ0n) is 42.0. The zero-order valence-corrected chi connectivity index (χ0v) is 42.0. The maximum atomic E-state index is 11.3. The highest BCUT2D eigenvalue weighted by atomic mass is 16.6. The molecule has 0 aromatic carbocycles. The van der Waals surface area contributed by atoms with Crippen molar-refractivity contribution in [3.05, 3.63) is 53.9 Å². The van der Waals surface area contributed by atoms with Crippen LogP contribution < -0.4 is 40.1 Å². The van der Waals surface area contributed by atoms with Crippen LogP contribution in [0.3, 0.4) is 0 Å². The number of amides is 1. The molecule has 1 aliphatic heterocycles. The monoisotopic (exact) mass is 1050 g/mol. The molecule has 400 valence electrons. The Kier molecular flexibility index (Phi) is 16.3. The van der Waals surface area contributed by atoms with Crippen LogP contribution in [0.15, 0.2) is 51.1 Å². The number of rotatable bonds is 11. The van der Waals surface area contributed by atoms with E-state index in [0.717, 1.165) is 80.9 Å². The molecule has 30 nitrogen and oxygen atoms in total. The number of carboxylic acid groups (broad SMARTS) is 1. The average molecular weight is 1050 g/mol. The summed E-state index contributed by atoms with van der Waals surface area (Å²) >= 11 is 0. The Morgan fingerprint density at radius 2 is 1.08 bits per heavy atom. The second-order valence-electron chi connectivity index (χ2n) is 18.1. The van der Waals surface area contributed by atoms with Gasteiger partial charge in [0, 0.05) is 68.9 Å². The first kappa shape index (κ1) is 53.4. The van der Waals surface area contributed by atoms with Crippen molar-refractivity contribution in [2.24, 2.45) is 22.9 Å². The molecule has 10 heterocycles. The first-order chi connectivity index (χ1) is 36.6. The van der Waals surface area contributed by atoms with Gasteiger partial charge in [-0.3, -0.25) is 24.5 Å². The molecule has 76 heavy (non-hydrogen) atoms. The van der Waals surface area contributed by atoms with Crippen molar-refractivity contribution >= 4 is 68.7 Å². The highest BCUT2D eigenvalue weighted by Crippen LogP contribution is 2.34. The Morgan fingerprint density at radius 1 is 0.645 bits per heavy atom. The number of hydrogen-bond acceptors (Lipinski definition) is 25. The lowest BCUT2D eigenvalue weighted by molar-refractivity contribution is -0.130. The predicted molar refractivity (Wildman–Crippen MR) is 275 cm³/mol. The van der Waals surface area contributed by atoms with Gasteiger partial charge < -0.3 is 63.8 Å². The number of hydrogen-bond donors (Lipinski definition) is 8. The summed E-state index contributed by atoms with van der Waals surface area (Å²) < 4.78 is 19.5. The van der Waals surface area contributed by atoms with Crippen molar-refractivity contribution in [1.29, 1.82) is 0 Å². The van der Waals surface area contributed by atoms with Gasteiger partial charge in [-0.1, -0.05) is 0 Å². The molecule has 0 spiro atoms. The number of pyridine rings is 3. The molecule has 0 unspecified atom stereocenters. The summed E-state index contributed by atoms with van der Waals surface area (Å²) in [5.41, 5.74) is 47.3. The number of aryl methyl sites for hydroxylation is 3. The number of anilines is 3. The Morgan fingerprint density at radius 3 is 1.53 bits per heavy atom. The quantitative estimate of drug-likeness (QED) is 0.0856. The molecule has 15 N–H and O–H groups in total. The summed E-state index contributed by atoms with van der Waals surface area (Å²) in [6, 6.07) is 0.535. The number of aromatic nitrogens is 15. The number of fused-ring (bicyclic) bond motifs is 3. The number of aldehydes is 1. The fraction of sp³-hybridized carbons (Fsp3) is 0.413. The van der Waals surface area contributed by atoms with E-state index in [1.165, 1.54) is 18.6 Å². The van der Waals surface area contributed by atoms with Gasteiger partial charge in [0.15, 0.2) is 58.3 Å². The second-order valence-corrected chi connectivity index (χ2v) is 18.1. The van der Waals surface area contributed by atoms with Crippen molar-refractivity contribution in [2.75, 3.05) is 36.8 Å². The molecule has 9 aromatic heterocycles. The van der Waals surface area contributed by atoms with E-state index in [9.17, 15) is 19.5 Å². The van der Waals surface area contributed by atoms with Gasteiger partial charge in [-0.25, -0.2) is 33.6 Å². The Labute approximate surface area is 431 Å². The molecule has 11 rings (SSSR count). The molecular weight excluding hydrogens is 987 g/mol. The Balaban J connectivity index is 0.000000139. The van der Waals surface area contributed by atoms with Crippen LogP contribution in [-0.2, 0) is 30.8 Å². The molecule has 1 saturated heterocycles. The summed E-state index contributed by atoms with van der Waals surface area (Å²) in [7, 11) is 0. The summed E-state index contributed by atoms with van der Waals surface area (Å²) in [5.74, 6) is 0.982. The fourth-order valence-electron chi connectivity index (χ4n) is 9.30. The van der Waals surface area contributed by atoms with Crippen molar-refractivity contribution in [1.82, 2.24) is 79.4 Å². The number of aromatic carboxylic acids is 1. The maximum Gasteiger partial charge on any atom is 0.339 e. The van der Waals surface area contributed by atoms with Crippen LogP contribution in [0.5, 0.6) is 0 Å². The highest BCUT2D eigenvalue weighted by Gasteiger charge is 2.32. The number of nitrogens with two attached hydrogens (primary N) is 7. The maximum absolute atomic E-state index is 11.3. The topological polar surface area (TPSA) is 466 Å². The largest absolute Gasteiger partial charge is 0.478 e. The van der Waals surface area contributed by atoms with Gasteiger partial charge in [-0.15, -0.1) is 0 Å². The van der Waals surface area contributed by atoms with E-state index in [-0.39, 0.29) is 58.8 Å². The van der Waals surface area contributed by atoms with Gasteiger partial charge in [0.2, 0.25) is 5.91 Å². The van der Waals surface area contributed by atoms with Crippen LogP contribution in [0.25, 0.3) is 67.7 Å². The van der Waals surface area contributed by atoms with Crippen LogP contribution in [0.4, 0.5) is 17.5 Å². The Bertz CT molecular complexity index is 3470. The van der Waals surface area contributed by atoms with E-state index in [4.69, 9.17) is 44.8 Å². The number of nitrogens with zero attached hydrogens (tertiary/aromatic N) is 16. The standard InChI is InChI=1S/C17H24N8O.C11H10N6O3.C11H10N6O2.C7H15N3O/c1-2-25-14-10(7-17(20)5-3-11(18)4-6-17)8-21-9-12(14)22-16(25)13-15(19)24-26-23-13;1-2-17-8-5(11(18)19)3-13-4-6(8)14-10(17)7-9(12)16-20-15-7;1-2-17-9-6(5-18)3-13-4-7(9)14-11(17)8-10(12)16-19-15-8;8-5-7(11)10-3-1-6(9)2-4-10/h8-9,11H,2-7,18,20H2,1H3,(H2,19,24);3-4H,2H2,1H3,(H2,12,16)(H,18,19);3-5H,2H2,1H3,(H2,12,16);6H,1-5,8-9H2. The molecule has 2 fully saturated rings. The van der Waals surface area contributed by atoms with E-state index in [2.05, 4.69) is 81.6 Å². The fourth-order valence-corrected chi connectivity index (χ4v) is 9.30. The third kappa shape index (κ3) is 11.0. The minimum absolute atomic E-state index is 0.0388. The van der Waals surface area contributed by atoms with Crippen molar-refractivity contribution in [3.63, 3.8) is 0 Å². The minimum Gasteiger partial charge on any atom is -0.478 e. The second kappa shape index (κ2) is 23.1. The number of likely N-dealkylation sites (tertiary alicyclic amines) is 1. The van der Waals surface area contributed by atoms with Crippen LogP contribution in [-0.4, -0.2) is 140 Å². The van der Waals surface area contributed by atoms with E-state index in [1.54, 1.807) is 21.9 Å². The number of carboxylic acids is 1. The molecule has 1 aliphatic carbocycles. The lowest BCUT2D eigenvalue weighted by atomic mass is 9.77. The average Bonchev–Trinajstić information content (AvgIpc) is 4.32. The van der Waals surface area contributed by atoms with Crippen molar-refractivity contribution in [2.45, 2.75) is 103 Å². The normalized spacial score (nSPS) is 16.7. The van der Waals surface area contributed by atoms with Gasteiger partial charge >= 0.3 is 5.97 Å². The van der Waals surface area contributed by atoms with Gasteiger partial charge in [0.05, 0.1) is 47.2 Å². The molecule has 0 bridgehead atoms. The lowest BCUT2D eigenvalue weighted by Crippen LogP contribution is -2.47. The molecule has 1 amide bonds. The first-order valence-electron chi connectivity index (χ1n) is 24.4. The molecule has 9 aromatic rings. The summed E-state index contributed by atoms with van der Waals surface area (Å²) in [6.45, 7) is 9.31. The smallest absolute Gasteiger partial charge is 0.339 e. The Hall–Kier alpha value is -8.87. The SMILES string of the molecule is CCn1c(-c2nonc2N)nc2cncc(C(=O)O)c21.CCn1c(-c2nonc2N)nc2cncc(C=O)c21.CCn1c(-c2nonc2N)nc2cncc(CC3(N)CCC(N)CC3)c21.NCC(=O)N1CCC(N)CC1. The van der Waals surface area contributed by atoms with Crippen LogP contribution in [0, 0.1) is 0 Å². The number of carbonyl (C=O) groups excluding carboxylic acids is 2. The van der Waals surface area contributed by atoms with Crippen molar-refractivity contribution < 1.29 is 33.4 Å². The third-order valence-electron chi connectivity index (χ3n) is 13.2.